The van der Waals surface area contributed by atoms with Gasteiger partial charge in [-0.15, -0.1) is 0 Å². The van der Waals surface area contributed by atoms with E-state index in [0.29, 0.717) is 13.1 Å². The van der Waals surface area contributed by atoms with Crippen molar-refractivity contribution < 1.29 is 24.2 Å². The Morgan fingerprint density at radius 1 is 1.03 bits per heavy atom. The predicted octanol–water partition coefficient (Wildman–Crippen LogP) is 3.63. The van der Waals surface area contributed by atoms with Crippen molar-refractivity contribution in [3.05, 3.63) is 59.7 Å². The maximum atomic E-state index is 12.8. The fraction of sp³-hybridized carbons (Fsp3) is 0.423. The topological polar surface area (TPSA) is 95.9 Å². The normalized spacial score (nSPS) is 23.0. The van der Waals surface area contributed by atoms with Crippen molar-refractivity contribution in [2.24, 2.45) is 11.8 Å². The predicted molar refractivity (Wildman–Crippen MR) is 122 cm³/mol. The molecule has 1 saturated heterocycles. The van der Waals surface area contributed by atoms with Gasteiger partial charge in [-0.1, -0.05) is 48.5 Å². The molecule has 0 spiro atoms. The number of benzene rings is 2. The summed E-state index contributed by atoms with van der Waals surface area (Å²) in [6.45, 7) is 1.28. The van der Waals surface area contributed by atoms with Gasteiger partial charge in [0.1, 0.15) is 6.61 Å². The number of nitrogens with zero attached hydrogens (tertiary/aromatic N) is 1. The van der Waals surface area contributed by atoms with E-state index >= 15 is 0 Å². The van der Waals surface area contributed by atoms with Gasteiger partial charge >= 0.3 is 12.1 Å². The van der Waals surface area contributed by atoms with Crippen LogP contribution in [0.15, 0.2) is 48.5 Å². The number of rotatable bonds is 7. The minimum absolute atomic E-state index is 0.00112. The Morgan fingerprint density at radius 2 is 1.70 bits per heavy atom. The first kappa shape index (κ1) is 21.5. The number of nitrogens with one attached hydrogen (secondary N) is 1. The average Bonchev–Trinajstić information content (AvgIpc) is 3.33. The smallest absolute Gasteiger partial charge is 0.407 e. The van der Waals surface area contributed by atoms with Crippen LogP contribution in [0.3, 0.4) is 0 Å². The van der Waals surface area contributed by atoms with Gasteiger partial charge in [0.05, 0.1) is 6.42 Å². The summed E-state index contributed by atoms with van der Waals surface area (Å²) in [6.07, 6.45) is 1.84. The van der Waals surface area contributed by atoms with Crippen LogP contribution in [-0.2, 0) is 14.3 Å². The number of carbonyl (C=O) groups excluding carboxylic acids is 2. The van der Waals surface area contributed by atoms with Gasteiger partial charge < -0.3 is 20.1 Å². The van der Waals surface area contributed by atoms with Crippen molar-refractivity contribution in [1.82, 2.24) is 10.2 Å². The lowest BCUT2D eigenvalue weighted by molar-refractivity contribution is -0.140. The summed E-state index contributed by atoms with van der Waals surface area (Å²) in [5.74, 6) is -0.876. The molecule has 2 fully saturated rings. The summed E-state index contributed by atoms with van der Waals surface area (Å²) >= 11 is 0. The van der Waals surface area contributed by atoms with Crippen LogP contribution in [0.4, 0.5) is 4.79 Å². The van der Waals surface area contributed by atoms with Crippen molar-refractivity contribution in [3.8, 4) is 11.1 Å². The third-order valence-electron chi connectivity index (χ3n) is 7.16. The number of carboxylic acids is 1. The van der Waals surface area contributed by atoms with Gasteiger partial charge in [-0.2, -0.15) is 0 Å². The van der Waals surface area contributed by atoms with E-state index in [1.54, 1.807) is 4.90 Å². The zero-order chi connectivity index (χ0) is 22.9. The molecule has 3 atom stereocenters. The first-order valence-corrected chi connectivity index (χ1v) is 11.6. The molecule has 2 aromatic carbocycles. The number of ether oxygens (including phenoxy) is 1. The van der Waals surface area contributed by atoms with Crippen LogP contribution in [-0.4, -0.2) is 53.7 Å². The first-order chi connectivity index (χ1) is 16.0. The lowest BCUT2D eigenvalue weighted by Crippen LogP contribution is -2.38. The monoisotopic (exact) mass is 448 g/mol. The standard InChI is InChI=1S/C26H28N2O5/c29-24(30)13-17-6-5-11-28(17)25(31)22-12-16(22)14-27-26(32)33-15-23-20-9-3-1-7-18(20)19-8-2-4-10-21(19)23/h1-4,7-10,16-17,22-23H,5-6,11-15H2,(H,27,32)(H,29,30)/t16?,17-,22?/m0/s1. The molecule has 0 radical (unpaired) electrons. The Bertz CT molecular complexity index is 1040. The summed E-state index contributed by atoms with van der Waals surface area (Å²) in [7, 11) is 0. The summed E-state index contributed by atoms with van der Waals surface area (Å²) < 4.78 is 5.56. The quantitative estimate of drug-likeness (QED) is 0.674. The molecule has 2 aromatic rings. The van der Waals surface area contributed by atoms with Crippen LogP contribution >= 0.6 is 0 Å². The van der Waals surface area contributed by atoms with Gasteiger partial charge in [-0.05, 0) is 47.4 Å². The van der Waals surface area contributed by atoms with Gasteiger partial charge in [-0.3, -0.25) is 9.59 Å². The molecule has 2 amide bonds. The average molecular weight is 449 g/mol. The van der Waals surface area contributed by atoms with Gasteiger partial charge in [0.25, 0.3) is 0 Å². The van der Waals surface area contributed by atoms with Crippen molar-refractivity contribution in [3.63, 3.8) is 0 Å². The number of carbonyl (C=O) groups is 3. The number of hydrogen-bond acceptors (Lipinski definition) is 4. The third-order valence-corrected chi connectivity index (χ3v) is 7.16. The van der Waals surface area contributed by atoms with E-state index < -0.39 is 12.1 Å². The first-order valence-electron chi connectivity index (χ1n) is 11.6. The highest BCUT2D eigenvalue weighted by molar-refractivity contribution is 5.83. The van der Waals surface area contributed by atoms with E-state index in [1.165, 1.54) is 22.3 Å². The van der Waals surface area contributed by atoms with E-state index in [9.17, 15) is 14.4 Å². The SMILES string of the molecule is O=C(O)C[C@@H]1CCCN1C(=O)C1CC1CNC(=O)OCC1c2ccccc2-c2ccccc21. The minimum atomic E-state index is -0.871. The molecule has 2 N–H and O–H groups in total. The molecule has 1 aliphatic heterocycles. The highest BCUT2D eigenvalue weighted by Gasteiger charge is 2.47. The molecule has 1 heterocycles. The number of amides is 2. The molecule has 5 rings (SSSR count). The Morgan fingerprint density at radius 3 is 2.36 bits per heavy atom. The molecule has 2 unspecified atom stereocenters. The van der Waals surface area contributed by atoms with Crippen LogP contribution in [0, 0.1) is 11.8 Å². The second kappa shape index (κ2) is 8.89. The van der Waals surface area contributed by atoms with E-state index in [2.05, 4.69) is 29.6 Å². The van der Waals surface area contributed by atoms with E-state index in [-0.39, 0.29) is 42.7 Å². The molecule has 33 heavy (non-hydrogen) atoms. The van der Waals surface area contributed by atoms with E-state index in [1.807, 2.05) is 24.3 Å². The maximum absolute atomic E-state index is 12.8. The fourth-order valence-electron chi connectivity index (χ4n) is 5.39. The van der Waals surface area contributed by atoms with Gasteiger partial charge in [0.2, 0.25) is 5.91 Å². The Hall–Kier alpha value is -3.35. The lowest BCUT2D eigenvalue weighted by atomic mass is 9.98. The van der Waals surface area contributed by atoms with Crippen molar-refractivity contribution >= 4 is 18.0 Å². The molecule has 0 aromatic heterocycles. The molecular formula is C26H28N2O5. The zero-order valence-corrected chi connectivity index (χ0v) is 18.4. The number of alkyl carbamates (subject to hydrolysis) is 1. The fourth-order valence-corrected chi connectivity index (χ4v) is 5.39. The van der Waals surface area contributed by atoms with Crippen molar-refractivity contribution in [2.75, 3.05) is 19.7 Å². The van der Waals surface area contributed by atoms with Gasteiger partial charge in [0, 0.05) is 31.0 Å². The highest BCUT2D eigenvalue weighted by Crippen LogP contribution is 2.44. The Balaban J connectivity index is 1.11. The lowest BCUT2D eigenvalue weighted by Gasteiger charge is -2.23. The molecule has 0 bridgehead atoms. The molecule has 2 aliphatic carbocycles. The van der Waals surface area contributed by atoms with E-state index in [4.69, 9.17) is 9.84 Å². The highest BCUT2D eigenvalue weighted by atomic mass is 16.5. The second-order valence-electron chi connectivity index (χ2n) is 9.23. The largest absolute Gasteiger partial charge is 0.481 e. The summed E-state index contributed by atoms with van der Waals surface area (Å²) in [6, 6.07) is 16.2. The number of likely N-dealkylation sites (tertiary alicyclic amines) is 1. The molecule has 1 saturated carbocycles. The van der Waals surface area contributed by atoms with Crippen LogP contribution in [0.1, 0.15) is 42.7 Å². The van der Waals surface area contributed by atoms with Crippen molar-refractivity contribution in [2.45, 2.75) is 37.6 Å². The van der Waals surface area contributed by atoms with Gasteiger partial charge in [0.15, 0.2) is 0 Å². The van der Waals surface area contributed by atoms with Crippen LogP contribution in [0.25, 0.3) is 11.1 Å². The maximum Gasteiger partial charge on any atom is 0.407 e. The van der Waals surface area contributed by atoms with Crippen LogP contribution < -0.4 is 5.32 Å². The number of fused-ring (bicyclic) bond motifs is 3. The second-order valence-corrected chi connectivity index (χ2v) is 9.23. The summed E-state index contributed by atoms with van der Waals surface area (Å²) in [4.78, 5) is 37.9. The Labute approximate surface area is 192 Å². The van der Waals surface area contributed by atoms with Crippen molar-refractivity contribution in [1.29, 1.82) is 0 Å². The summed E-state index contributed by atoms with van der Waals surface area (Å²) in [5, 5.41) is 11.9. The number of carboxylic acid groups (broad SMARTS) is 1. The van der Waals surface area contributed by atoms with Crippen LogP contribution in [0.5, 0.6) is 0 Å². The van der Waals surface area contributed by atoms with Gasteiger partial charge in [-0.25, -0.2) is 4.79 Å². The van der Waals surface area contributed by atoms with E-state index in [0.717, 1.165) is 19.3 Å². The molecule has 3 aliphatic rings. The molecule has 172 valence electrons. The number of aliphatic carboxylic acids is 1. The number of hydrogen-bond donors (Lipinski definition) is 2. The summed E-state index contributed by atoms with van der Waals surface area (Å²) in [5.41, 5.74) is 4.70. The molecular weight excluding hydrogens is 420 g/mol. The third kappa shape index (κ3) is 4.32. The molecule has 7 heteroatoms. The minimum Gasteiger partial charge on any atom is -0.481 e. The Kier molecular flexibility index (Phi) is 5.79. The molecule has 7 nitrogen and oxygen atoms in total. The zero-order valence-electron chi connectivity index (χ0n) is 18.4. The van der Waals surface area contributed by atoms with Crippen LogP contribution in [0.2, 0.25) is 0 Å².